The number of unbranched alkanes of at least 4 members (excludes halogenated alkanes) is 3. The van der Waals surface area contributed by atoms with Crippen LogP contribution in [0.1, 0.15) is 50.2 Å². The maximum atomic E-state index is 6.39. The van der Waals surface area contributed by atoms with E-state index in [2.05, 4.69) is 72.9 Å². The van der Waals surface area contributed by atoms with Crippen molar-refractivity contribution in [2.75, 3.05) is 7.05 Å². The molecule has 3 N–H and O–H groups in total. The molecule has 2 heteroatoms. The number of aryl methyl sites for hydroxylation is 1. The van der Waals surface area contributed by atoms with Gasteiger partial charge in [0, 0.05) is 5.41 Å². The van der Waals surface area contributed by atoms with Crippen LogP contribution in [0, 0.1) is 0 Å². The molecular weight excluding hydrogens is 292 g/mol. The molecule has 2 nitrogen and oxygen atoms in total. The normalized spacial score (nSPS) is 15.0. The summed E-state index contributed by atoms with van der Waals surface area (Å²) in [5, 5.41) is 3.26. The van der Waals surface area contributed by atoms with Crippen molar-refractivity contribution < 1.29 is 0 Å². The minimum Gasteiger partial charge on any atom is -0.315 e. The molecule has 2 atom stereocenters. The van der Waals surface area contributed by atoms with Gasteiger partial charge in [-0.2, -0.15) is 0 Å². The van der Waals surface area contributed by atoms with E-state index in [0.29, 0.717) is 0 Å². The van der Waals surface area contributed by atoms with Crippen LogP contribution in [0.3, 0.4) is 0 Å². The largest absolute Gasteiger partial charge is 0.315 e. The van der Waals surface area contributed by atoms with Gasteiger partial charge in [-0.1, -0.05) is 86.8 Å². The second kappa shape index (κ2) is 9.61. The average Bonchev–Trinajstić information content (AvgIpc) is 2.65. The predicted molar refractivity (Wildman–Crippen MR) is 104 cm³/mol. The Labute approximate surface area is 147 Å². The third-order valence-corrected chi connectivity index (χ3v) is 5.19. The Bertz CT molecular complexity index is 567. The fourth-order valence-corrected chi connectivity index (χ4v) is 3.44. The maximum Gasteiger partial charge on any atom is 0.0640 e. The summed E-state index contributed by atoms with van der Waals surface area (Å²) >= 11 is 0. The van der Waals surface area contributed by atoms with Gasteiger partial charge >= 0.3 is 0 Å². The third-order valence-electron chi connectivity index (χ3n) is 5.19. The molecule has 0 amide bonds. The zero-order chi connectivity index (χ0) is 17.3. The molecule has 2 aromatic carbocycles. The molecule has 0 aliphatic carbocycles. The quantitative estimate of drug-likeness (QED) is 0.493. The molecule has 0 radical (unpaired) electrons. The summed E-state index contributed by atoms with van der Waals surface area (Å²) in [6, 6.07) is 21.5. The lowest BCUT2D eigenvalue weighted by Gasteiger charge is -2.36. The summed E-state index contributed by atoms with van der Waals surface area (Å²) in [7, 11) is 1.95. The summed E-state index contributed by atoms with van der Waals surface area (Å²) in [5.41, 5.74) is 9.15. The number of likely N-dealkylation sites (N-methyl/N-ethyl adjacent to an activating group) is 1. The SMILES string of the molecule is CNC(N)C(C)(CCCCCCc1ccccc1)c1ccccc1. The van der Waals surface area contributed by atoms with Crippen LogP contribution in [0.5, 0.6) is 0 Å². The smallest absolute Gasteiger partial charge is 0.0640 e. The van der Waals surface area contributed by atoms with E-state index in [0.717, 1.165) is 6.42 Å². The molecule has 0 saturated heterocycles. The van der Waals surface area contributed by atoms with Crippen molar-refractivity contribution in [3.63, 3.8) is 0 Å². The Balaban J connectivity index is 1.79. The van der Waals surface area contributed by atoms with E-state index >= 15 is 0 Å². The Kier molecular flexibility index (Phi) is 7.48. The van der Waals surface area contributed by atoms with Crippen molar-refractivity contribution in [2.45, 2.75) is 57.0 Å². The highest BCUT2D eigenvalue weighted by molar-refractivity contribution is 5.26. The van der Waals surface area contributed by atoms with Crippen LogP contribution in [-0.2, 0) is 11.8 Å². The fourth-order valence-electron chi connectivity index (χ4n) is 3.44. The summed E-state index contributed by atoms with van der Waals surface area (Å²) in [6.07, 6.45) is 7.32. The molecule has 0 spiro atoms. The number of rotatable bonds is 10. The molecule has 2 aromatic rings. The molecule has 0 aliphatic rings. The zero-order valence-corrected chi connectivity index (χ0v) is 15.2. The van der Waals surface area contributed by atoms with Crippen LogP contribution < -0.4 is 11.1 Å². The summed E-state index contributed by atoms with van der Waals surface area (Å²) < 4.78 is 0. The van der Waals surface area contributed by atoms with Crippen LogP contribution in [-0.4, -0.2) is 13.2 Å². The molecule has 0 bridgehead atoms. The van der Waals surface area contributed by atoms with Gasteiger partial charge in [-0.05, 0) is 37.4 Å². The summed E-state index contributed by atoms with van der Waals surface area (Å²) in [5.74, 6) is 0. The second-order valence-electron chi connectivity index (χ2n) is 6.95. The molecule has 0 fully saturated rings. The number of hydrogen-bond donors (Lipinski definition) is 2. The Hall–Kier alpha value is -1.64. The number of nitrogens with two attached hydrogens (primary N) is 1. The van der Waals surface area contributed by atoms with Crippen molar-refractivity contribution in [1.82, 2.24) is 5.32 Å². The Morgan fingerprint density at radius 1 is 0.875 bits per heavy atom. The van der Waals surface area contributed by atoms with Gasteiger partial charge in [-0.15, -0.1) is 0 Å². The van der Waals surface area contributed by atoms with Gasteiger partial charge in [0.1, 0.15) is 0 Å². The molecule has 0 aliphatic heterocycles. The van der Waals surface area contributed by atoms with Gasteiger partial charge in [0.15, 0.2) is 0 Å². The first kappa shape index (κ1) is 18.7. The molecule has 2 unspecified atom stereocenters. The second-order valence-corrected chi connectivity index (χ2v) is 6.95. The van der Waals surface area contributed by atoms with Crippen LogP contribution >= 0.6 is 0 Å². The molecule has 2 rings (SSSR count). The average molecular weight is 325 g/mol. The lowest BCUT2D eigenvalue weighted by atomic mass is 9.75. The first-order chi connectivity index (χ1) is 11.7. The van der Waals surface area contributed by atoms with Gasteiger partial charge in [0.2, 0.25) is 0 Å². The van der Waals surface area contributed by atoms with Crippen molar-refractivity contribution >= 4 is 0 Å². The van der Waals surface area contributed by atoms with E-state index < -0.39 is 0 Å². The highest BCUT2D eigenvalue weighted by Gasteiger charge is 2.32. The van der Waals surface area contributed by atoms with E-state index in [9.17, 15) is 0 Å². The number of hydrogen-bond acceptors (Lipinski definition) is 2. The fraction of sp³-hybridized carbons (Fsp3) is 0.455. The predicted octanol–water partition coefficient (Wildman–Crippen LogP) is 4.64. The Morgan fingerprint density at radius 2 is 1.46 bits per heavy atom. The van der Waals surface area contributed by atoms with E-state index in [1.807, 2.05) is 7.05 Å². The first-order valence-electron chi connectivity index (χ1n) is 9.19. The molecule has 0 saturated carbocycles. The first-order valence-corrected chi connectivity index (χ1v) is 9.19. The highest BCUT2D eigenvalue weighted by atomic mass is 15.0. The van der Waals surface area contributed by atoms with E-state index in [1.54, 1.807) is 0 Å². The summed E-state index contributed by atoms with van der Waals surface area (Å²) in [4.78, 5) is 0. The third kappa shape index (κ3) is 5.19. The lowest BCUT2D eigenvalue weighted by Crippen LogP contribution is -2.51. The highest BCUT2D eigenvalue weighted by Crippen LogP contribution is 2.31. The van der Waals surface area contributed by atoms with Crippen molar-refractivity contribution in [3.05, 3.63) is 71.8 Å². The minimum absolute atomic E-state index is 0.0184. The van der Waals surface area contributed by atoms with Gasteiger partial charge in [-0.25, -0.2) is 0 Å². The number of nitrogens with one attached hydrogen (secondary N) is 1. The topological polar surface area (TPSA) is 38.0 Å². The van der Waals surface area contributed by atoms with Gasteiger partial charge in [-0.3, -0.25) is 0 Å². The van der Waals surface area contributed by atoms with Gasteiger partial charge < -0.3 is 11.1 Å². The molecule has 0 heterocycles. The van der Waals surface area contributed by atoms with Crippen molar-refractivity contribution in [3.8, 4) is 0 Å². The van der Waals surface area contributed by atoms with E-state index in [-0.39, 0.29) is 11.6 Å². The van der Waals surface area contributed by atoms with Crippen LogP contribution in [0.2, 0.25) is 0 Å². The van der Waals surface area contributed by atoms with Crippen LogP contribution in [0.25, 0.3) is 0 Å². The Morgan fingerprint density at radius 3 is 2.08 bits per heavy atom. The molecular formula is C22H32N2. The lowest BCUT2D eigenvalue weighted by molar-refractivity contribution is 0.304. The maximum absolute atomic E-state index is 6.39. The van der Waals surface area contributed by atoms with Gasteiger partial charge in [0.05, 0.1) is 6.17 Å². The monoisotopic (exact) mass is 324 g/mol. The standard InChI is InChI=1S/C22H32N2/c1-22(21(23)24-2,20-16-10-6-11-17-20)18-12-4-3-7-13-19-14-8-5-9-15-19/h5-6,8-11,14-17,21,24H,3-4,7,12-13,18,23H2,1-2H3. The van der Waals surface area contributed by atoms with Gasteiger partial charge in [0.25, 0.3) is 0 Å². The number of benzene rings is 2. The molecule has 130 valence electrons. The molecule has 0 aromatic heterocycles. The van der Waals surface area contributed by atoms with E-state index in [4.69, 9.17) is 5.73 Å². The zero-order valence-electron chi connectivity index (χ0n) is 15.2. The summed E-state index contributed by atoms with van der Waals surface area (Å²) in [6.45, 7) is 2.29. The van der Waals surface area contributed by atoms with E-state index in [1.165, 1.54) is 43.2 Å². The van der Waals surface area contributed by atoms with Crippen LogP contribution in [0.4, 0.5) is 0 Å². The van der Waals surface area contributed by atoms with Crippen molar-refractivity contribution in [2.24, 2.45) is 5.73 Å². The molecule has 24 heavy (non-hydrogen) atoms. The van der Waals surface area contributed by atoms with Crippen LogP contribution in [0.15, 0.2) is 60.7 Å². The van der Waals surface area contributed by atoms with Crippen molar-refractivity contribution in [1.29, 1.82) is 0 Å². The minimum atomic E-state index is -0.0239.